The van der Waals surface area contributed by atoms with Gasteiger partial charge in [-0.3, -0.25) is 9.59 Å². The fraction of sp³-hybridized carbons (Fsp3) is 0.0833. The second kappa shape index (κ2) is 10.9. The number of anilines is 1. The molecule has 0 unspecified atom stereocenters. The van der Waals surface area contributed by atoms with E-state index < -0.39 is 11.8 Å². The van der Waals surface area contributed by atoms with E-state index in [1.54, 1.807) is 54.6 Å². The lowest BCUT2D eigenvalue weighted by Gasteiger charge is -2.07. The highest BCUT2D eigenvalue weighted by molar-refractivity contribution is 6.03. The number of nitriles is 1. The Bertz CT molecular complexity index is 1100. The van der Waals surface area contributed by atoms with Crippen LogP contribution in [0, 0.1) is 11.3 Å². The third-order valence-electron chi connectivity index (χ3n) is 4.19. The largest absolute Gasteiger partial charge is 0.489 e. The number of amides is 2. The third kappa shape index (κ3) is 6.84. The predicted octanol–water partition coefficient (Wildman–Crippen LogP) is 3.62. The second-order valence-corrected chi connectivity index (χ2v) is 6.51. The van der Waals surface area contributed by atoms with Crippen molar-refractivity contribution >= 4 is 23.7 Å². The Morgan fingerprint density at radius 2 is 1.65 bits per heavy atom. The number of para-hydroxylation sites is 1. The Labute approximate surface area is 180 Å². The molecule has 0 aliphatic carbocycles. The number of hydrazone groups is 1. The summed E-state index contributed by atoms with van der Waals surface area (Å²) in [5, 5.41) is 15.6. The van der Waals surface area contributed by atoms with Gasteiger partial charge < -0.3 is 10.1 Å². The highest BCUT2D eigenvalue weighted by Gasteiger charge is 2.08. The Morgan fingerprint density at radius 3 is 2.39 bits per heavy atom. The molecule has 0 aromatic heterocycles. The lowest BCUT2D eigenvalue weighted by atomic mass is 10.1. The standard InChI is InChI=1S/C24H20N4O3/c25-15-19-6-4-5-7-20(19)17-31-22-12-10-18(11-13-22)16-26-28-24(30)14-23(29)27-21-8-2-1-3-9-21/h1-13,16H,14,17H2,(H,27,29)(H,28,30). The van der Waals surface area contributed by atoms with Crippen LogP contribution in [0.2, 0.25) is 0 Å². The molecule has 0 saturated heterocycles. The van der Waals surface area contributed by atoms with Gasteiger partial charge in [0.05, 0.1) is 17.8 Å². The lowest BCUT2D eigenvalue weighted by molar-refractivity contribution is -0.126. The van der Waals surface area contributed by atoms with E-state index in [0.29, 0.717) is 17.0 Å². The number of hydrogen-bond acceptors (Lipinski definition) is 5. The predicted molar refractivity (Wildman–Crippen MR) is 117 cm³/mol. The summed E-state index contributed by atoms with van der Waals surface area (Å²) in [5.74, 6) is -0.286. The SMILES string of the molecule is N#Cc1ccccc1COc1ccc(C=NNC(=O)CC(=O)Nc2ccccc2)cc1. The van der Waals surface area contributed by atoms with Crippen LogP contribution in [0.25, 0.3) is 0 Å². The zero-order valence-corrected chi connectivity index (χ0v) is 16.6. The maximum atomic E-state index is 11.8. The molecular weight excluding hydrogens is 392 g/mol. The number of nitrogens with one attached hydrogen (secondary N) is 2. The zero-order chi connectivity index (χ0) is 21.9. The van der Waals surface area contributed by atoms with Crippen molar-refractivity contribution in [3.63, 3.8) is 0 Å². The van der Waals surface area contributed by atoms with Gasteiger partial charge in [-0.1, -0.05) is 36.4 Å². The molecular formula is C24H20N4O3. The number of rotatable bonds is 8. The van der Waals surface area contributed by atoms with Crippen molar-refractivity contribution in [1.29, 1.82) is 5.26 Å². The first kappa shape index (κ1) is 21.3. The highest BCUT2D eigenvalue weighted by atomic mass is 16.5. The summed E-state index contributed by atoms with van der Waals surface area (Å²) in [4.78, 5) is 23.7. The number of hydrogen-bond donors (Lipinski definition) is 2. The van der Waals surface area contributed by atoms with Crippen molar-refractivity contribution in [2.75, 3.05) is 5.32 Å². The van der Waals surface area contributed by atoms with E-state index >= 15 is 0 Å². The first-order chi connectivity index (χ1) is 15.1. The quantitative estimate of drug-likeness (QED) is 0.335. The van der Waals surface area contributed by atoms with Gasteiger partial charge in [0.25, 0.3) is 0 Å². The van der Waals surface area contributed by atoms with Crippen molar-refractivity contribution in [2.24, 2.45) is 5.10 Å². The molecule has 3 aromatic carbocycles. The van der Waals surface area contributed by atoms with Gasteiger partial charge in [0.2, 0.25) is 11.8 Å². The molecule has 0 radical (unpaired) electrons. The first-order valence-electron chi connectivity index (χ1n) is 9.52. The number of benzene rings is 3. The summed E-state index contributed by atoms with van der Waals surface area (Å²) in [6.07, 6.45) is 1.14. The summed E-state index contributed by atoms with van der Waals surface area (Å²) in [7, 11) is 0. The number of nitrogens with zero attached hydrogens (tertiary/aromatic N) is 2. The molecule has 0 saturated carbocycles. The number of ether oxygens (including phenoxy) is 1. The minimum atomic E-state index is -0.513. The molecule has 0 bridgehead atoms. The van der Waals surface area contributed by atoms with Gasteiger partial charge >= 0.3 is 0 Å². The van der Waals surface area contributed by atoms with E-state index in [1.807, 2.05) is 24.3 Å². The Balaban J connectivity index is 1.44. The normalized spacial score (nSPS) is 10.3. The lowest BCUT2D eigenvalue weighted by Crippen LogP contribution is -2.24. The summed E-state index contributed by atoms with van der Waals surface area (Å²) in [6.45, 7) is 0.290. The second-order valence-electron chi connectivity index (χ2n) is 6.51. The van der Waals surface area contributed by atoms with Gasteiger partial charge in [-0.25, -0.2) is 5.43 Å². The Hall–Kier alpha value is -4.44. The van der Waals surface area contributed by atoms with Crippen molar-refractivity contribution in [3.8, 4) is 11.8 Å². The molecule has 0 fully saturated rings. The van der Waals surface area contributed by atoms with Gasteiger partial charge in [0.1, 0.15) is 18.8 Å². The molecule has 0 atom stereocenters. The van der Waals surface area contributed by atoms with Crippen molar-refractivity contribution in [3.05, 3.63) is 95.6 Å². The average Bonchev–Trinajstić information content (AvgIpc) is 2.79. The topological polar surface area (TPSA) is 104 Å². The maximum absolute atomic E-state index is 11.8. The first-order valence-corrected chi connectivity index (χ1v) is 9.52. The minimum Gasteiger partial charge on any atom is -0.489 e. The maximum Gasteiger partial charge on any atom is 0.249 e. The summed E-state index contributed by atoms with van der Waals surface area (Å²) in [6, 6.07) is 25.4. The molecule has 7 heteroatoms. The van der Waals surface area contributed by atoms with Crippen LogP contribution < -0.4 is 15.5 Å². The number of carbonyl (C=O) groups is 2. The highest BCUT2D eigenvalue weighted by Crippen LogP contribution is 2.15. The van der Waals surface area contributed by atoms with Crippen molar-refractivity contribution in [2.45, 2.75) is 13.0 Å². The van der Waals surface area contributed by atoms with Crippen LogP contribution in [-0.2, 0) is 16.2 Å². The average molecular weight is 412 g/mol. The summed E-state index contributed by atoms with van der Waals surface area (Å²) >= 11 is 0. The zero-order valence-electron chi connectivity index (χ0n) is 16.6. The van der Waals surface area contributed by atoms with E-state index in [4.69, 9.17) is 10.00 Å². The third-order valence-corrected chi connectivity index (χ3v) is 4.19. The van der Waals surface area contributed by atoms with Crippen LogP contribution >= 0.6 is 0 Å². The number of carbonyl (C=O) groups excluding carboxylic acids is 2. The molecule has 0 heterocycles. The fourth-order valence-corrected chi connectivity index (χ4v) is 2.66. The van der Waals surface area contributed by atoms with Gasteiger partial charge in [-0.05, 0) is 48.0 Å². The van der Waals surface area contributed by atoms with E-state index in [0.717, 1.165) is 11.1 Å². The van der Waals surface area contributed by atoms with E-state index in [-0.39, 0.29) is 13.0 Å². The molecule has 2 amide bonds. The molecule has 0 aliphatic rings. The molecule has 2 N–H and O–H groups in total. The molecule has 7 nitrogen and oxygen atoms in total. The minimum absolute atomic E-state index is 0.290. The smallest absolute Gasteiger partial charge is 0.249 e. The molecule has 31 heavy (non-hydrogen) atoms. The van der Waals surface area contributed by atoms with Gasteiger partial charge in [0.15, 0.2) is 0 Å². The molecule has 3 rings (SSSR count). The monoisotopic (exact) mass is 412 g/mol. The molecule has 3 aromatic rings. The van der Waals surface area contributed by atoms with Gasteiger partial charge in [-0.2, -0.15) is 10.4 Å². The summed E-state index contributed by atoms with van der Waals surface area (Å²) in [5.41, 5.74) is 5.10. The summed E-state index contributed by atoms with van der Waals surface area (Å²) < 4.78 is 5.72. The van der Waals surface area contributed by atoms with Gasteiger partial charge in [0, 0.05) is 11.3 Å². The van der Waals surface area contributed by atoms with Crippen LogP contribution in [0.5, 0.6) is 5.75 Å². The van der Waals surface area contributed by atoms with Crippen LogP contribution in [0.1, 0.15) is 23.1 Å². The molecule has 0 aliphatic heterocycles. The van der Waals surface area contributed by atoms with Crippen LogP contribution in [0.15, 0.2) is 84.0 Å². The molecule has 154 valence electrons. The van der Waals surface area contributed by atoms with E-state index in [2.05, 4.69) is 21.9 Å². The Kier molecular flexibility index (Phi) is 7.50. The van der Waals surface area contributed by atoms with Crippen LogP contribution in [-0.4, -0.2) is 18.0 Å². The van der Waals surface area contributed by atoms with Gasteiger partial charge in [-0.15, -0.1) is 0 Å². The van der Waals surface area contributed by atoms with E-state index in [9.17, 15) is 9.59 Å². The van der Waals surface area contributed by atoms with Crippen LogP contribution in [0.3, 0.4) is 0 Å². The van der Waals surface area contributed by atoms with E-state index in [1.165, 1.54) is 6.21 Å². The molecule has 0 spiro atoms. The van der Waals surface area contributed by atoms with Crippen molar-refractivity contribution < 1.29 is 14.3 Å². The van der Waals surface area contributed by atoms with Crippen LogP contribution in [0.4, 0.5) is 5.69 Å². The van der Waals surface area contributed by atoms with Crippen molar-refractivity contribution in [1.82, 2.24) is 5.43 Å². The fourth-order valence-electron chi connectivity index (χ4n) is 2.66. The Morgan fingerprint density at radius 1 is 0.935 bits per heavy atom.